The third kappa shape index (κ3) is 2.82. The second-order valence-corrected chi connectivity index (χ2v) is 6.76. The summed E-state index contributed by atoms with van der Waals surface area (Å²) >= 11 is 1.74. The lowest BCUT2D eigenvalue weighted by Crippen LogP contribution is -2.39. The Kier molecular flexibility index (Phi) is 3.75. The van der Waals surface area contributed by atoms with Gasteiger partial charge in [0.2, 0.25) is 0 Å². The maximum Gasteiger partial charge on any atom is 0.274 e. The summed E-state index contributed by atoms with van der Waals surface area (Å²) in [6, 6.07) is 8.19. The standard InChI is InChI=1S/C17H16N4OS/c22-17(14-10-18-7-8-19-14)21-9-3-4-12(11-21)16-20-13-5-1-2-6-15(13)23-16/h1-2,5-8,10,12H,3-4,9,11H2/t12-/m1/s1. The quantitative estimate of drug-likeness (QED) is 0.727. The molecule has 1 aliphatic heterocycles. The number of carbonyl (C=O) groups excluding carboxylic acids is 1. The molecule has 0 N–H and O–H groups in total. The highest BCUT2D eigenvalue weighted by molar-refractivity contribution is 7.18. The third-order valence-corrected chi connectivity index (χ3v) is 5.35. The van der Waals surface area contributed by atoms with Crippen LogP contribution in [0.25, 0.3) is 10.2 Å². The van der Waals surface area contributed by atoms with Crippen molar-refractivity contribution >= 4 is 27.5 Å². The summed E-state index contributed by atoms with van der Waals surface area (Å²) in [5, 5.41) is 1.13. The zero-order chi connectivity index (χ0) is 15.6. The van der Waals surface area contributed by atoms with Crippen molar-refractivity contribution in [2.45, 2.75) is 18.8 Å². The Morgan fingerprint density at radius 3 is 3.00 bits per heavy atom. The van der Waals surface area contributed by atoms with Crippen LogP contribution in [0.5, 0.6) is 0 Å². The highest BCUT2D eigenvalue weighted by Crippen LogP contribution is 2.33. The van der Waals surface area contributed by atoms with Crippen LogP contribution in [0.3, 0.4) is 0 Å². The minimum absolute atomic E-state index is 0.0380. The first-order valence-corrected chi connectivity index (χ1v) is 8.53. The van der Waals surface area contributed by atoms with Gasteiger partial charge in [-0.25, -0.2) is 9.97 Å². The van der Waals surface area contributed by atoms with Gasteiger partial charge in [0.15, 0.2) is 0 Å². The van der Waals surface area contributed by atoms with Gasteiger partial charge in [0.05, 0.1) is 21.4 Å². The van der Waals surface area contributed by atoms with Gasteiger partial charge in [-0.1, -0.05) is 12.1 Å². The molecule has 1 aliphatic rings. The fraction of sp³-hybridized carbons (Fsp3) is 0.294. The molecule has 3 heterocycles. The molecule has 0 aliphatic carbocycles. The zero-order valence-corrected chi connectivity index (χ0v) is 13.4. The number of amides is 1. The Morgan fingerprint density at radius 1 is 1.26 bits per heavy atom. The molecule has 0 saturated carbocycles. The SMILES string of the molecule is O=C(c1cnccn1)N1CCC[C@@H](c2nc3ccccc3s2)C1. The fourth-order valence-electron chi connectivity index (χ4n) is 3.00. The first kappa shape index (κ1) is 14.3. The number of hydrogen-bond donors (Lipinski definition) is 0. The first-order valence-electron chi connectivity index (χ1n) is 7.72. The van der Waals surface area contributed by atoms with E-state index in [1.807, 2.05) is 23.1 Å². The predicted octanol–water partition coefficient (Wildman–Crippen LogP) is 3.11. The van der Waals surface area contributed by atoms with Gasteiger partial charge in [-0.05, 0) is 25.0 Å². The Balaban J connectivity index is 1.56. The number of benzene rings is 1. The van der Waals surface area contributed by atoms with Gasteiger partial charge in [-0.2, -0.15) is 0 Å². The molecule has 0 spiro atoms. The first-order chi connectivity index (χ1) is 11.3. The summed E-state index contributed by atoms with van der Waals surface area (Å²) in [4.78, 5) is 27.3. The van der Waals surface area contributed by atoms with Crippen LogP contribution in [-0.4, -0.2) is 38.8 Å². The molecule has 0 bridgehead atoms. The molecule has 1 atom stereocenters. The van der Waals surface area contributed by atoms with E-state index in [9.17, 15) is 4.79 Å². The van der Waals surface area contributed by atoms with Gasteiger partial charge in [0.25, 0.3) is 5.91 Å². The monoisotopic (exact) mass is 324 g/mol. The van der Waals surface area contributed by atoms with Crippen LogP contribution in [0.2, 0.25) is 0 Å². The van der Waals surface area contributed by atoms with Crippen LogP contribution in [0.1, 0.15) is 34.3 Å². The predicted molar refractivity (Wildman–Crippen MR) is 89.5 cm³/mol. The molecule has 1 fully saturated rings. The molecule has 0 unspecified atom stereocenters. The van der Waals surface area contributed by atoms with Crippen LogP contribution in [0, 0.1) is 0 Å². The molecule has 5 nitrogen and oxygen atoms in total. The third-order valence-electron chi connectivity index (χ3n) is 4.15. The van der Waals surface area contributed by atoms with Crippen LogP contribution in [0.15, 0.2) is 42.9 Å². The normalized spacial score (nSPS) is 18.3. The Bertz CT molecular complexity index is 800. The zero-order valence-electron chi connectivity index (χ0n) is 12.6. The van der Waals surface area contributed by atoms with Crippen molar-refractivity contribution in [2.75, 3.05) is 13.1 Å². The molecule has 23 heavy (non-hydrogen) atoms. The minimum Gasteiger partial charge on any atom is -0.337 e. The van der Waals surface area contributed by atoms with Crippen molar-refractivity contribution in [1.29, 1.82) is 0 Å². The van der Waals surface area contributed by atoms with E-state index in [0.29, 0.717) is 18.2 Å². The lowest BCUT2D eigenvalue weighted by molar-refractivity contribution is 0.0700. The highest BCUT2D eigenvalue weighted by atomic mass is 32.1. The van der Waals surface area contributed by atoms with Crippen molar-refractivity contribution in [3.05, 3.63) is 53.6 Å². The van der Waals surface area contributed by atoms with Gasteiger partial charge in [-0.3, -0.25) is 9.78 Å². The van der Waals surface area contributed by atoms with Gasteiger partial charge in [0.1, 0.15) is 5.69 Å². The van der Waals surface area contributed by atoms with Gasteiger partial charge >= 0.3 is 0 Å². The van der Waals surface area contributed by atoms with E-state index in [1.165, 1.54) is 10.9 Å². The van der Waals surface area contributed by atoms with Crippen LogP contribution >= 0.6 is 11.3 Å². The molecule has 4 rings (SSSR count). The van der Waals surface area contributed by atoms with Crippen LogP contribution < -0.4 is 0 Å². The van der Waals surface area contributed by atoms with Crippen molar-refractivity contribution < 1.29 is 4.79 Å². The van der Waals surface area contributed by atoms with Crippen molar-refractivity contribution in [2.24, 2.45) is 0 Å². The molecular formula is C17H16N4OS. The van der Waals surface area contributed by atoms with Crippen LogP contribution in [0.4, 0.5) is 0 Å². The summed E-state index contributed by atoms with van der Waals surface area (Å²) in [6.07, 6.45) is 6.74. The second-order valence-electron chi connectivity index (χ2n) is 5.70. The maximum absolute atomic E-state index is 12.6. The maximum atomic E-state index is 12.6. The van der Waals surface area contributed by atoms with Gasteiger partial charge in [-0.15, -0.1) is 11.3 Å². The fourth-order valence-corrected chi connectivity index (χ4v) is 4.09. The number of piperidine rings is 1. The van der Waals surface area contributed by atoms with Gasteiger partial charge in [0, 0.05) is 31.4 Å². The van der Waals surface area contributed by atoms with Crippen molar-refractivity contribution in [1.82, 2.24) is 19.9 Å². The number of likely N-dealkylation sites (tertiary alicyclic amines) is 1. The summed E-state index contributed by atoms with van der Waals surface area (Å²) in [6.45, 7) is 1.48. The number of carbonyl (C=O) groups is 1. The largest absolute Gasteiger partial charge is 0.337 e. The van der Waals surface area contributed by atoms with Crippen molar-refractivity contribution in [3.8, 4) is 0 Å². The van der Waals surface area contributed by atoms with E-state index in [2.05, 4.69) is 16.0 Å². The van der Waals surface area contributed by atoms with Gasteiger partial charge < -0.3 is 4.90 Å². The molecule has 1 amide bonds. The number of hydrogen-bond acceptors (Lipinski definition) is 5. The van der Waals surface area contributed by atoms with Crippen LogP contribution in [-0.2, 0) is 0 Å². The number of thiazole rings is 1. The number of aromatic nitrogens is 3. The lowest BCUT2D eigenvalue weighted by Gasteiger charge is -2.31. The minimum atomic E-state index is -0.0380. The average Bonchev–Trinajstić information content (AvgIpc) is 3.06. The molecule has 1 saturated heterocycles. The molecule has 116 valence electrons. The van der Waals surface area contributed by atoms with Crippen molar-refractivity contribution in [3.63, 3.8) is 0 Å². The number of nitrogens with zero attached hydrogens (tertiary/aromatic N) is 4. The van der Waals surface area contributed by atoms with E-state index in [0.717, 1.165) is 29.9 Å². The molecule has 1 aromatic carbocycles. The summed E-state index contributed by atoms with van der Waals surface area (Å²) < 4.78 is 1.21. The van der Waals surface area contributed by atoms with E-state index in [1.54, 1.807) is 23.7 Å². The summed E-state index contributed by atoms with van der Waals surface area (Å²) in [5.41, 5.74) is 1.46. The summed E-state index contributed by atoms with van der Waals surface area (Å²) in [7, 11) is 0. The second kappa shape index (κ2) is 6.04. The molecule has 2 aromatic heterocycles. The average molecular weight is 324 g/mol. The summed E-state index contributed by atoms with van der Waals surface area (Å²) in [5.74, 6) is 0.269. The Morgan fingerprint density at radius 2 is 2.17 bits per heavy atom. The molecule has 6 heteroatoms. The van der Waals surface area contributed by atoms with E-state index >= 15 is 0 Å². The molecule has 0 radical (unpaired) electrons. The van der Waals surface area contributed by atoms with E-state index in [4.69, 9.17) is 4.98 Å². The molecular weight excluding hydrogens is 308 g/mol. The van der Waals surface area contributed by atoms with E-state index < -0.39 is 0 Å². The van der Waals surface area contributed by atoms with E-state index in [-0.39, 0.29) is 5.91 Å². The Labute approximate surface area is 138 Å². The lowest BCUT2D eigenvalue weighted by atomic mass is 9.98. The number of fused-ring (bicyclic) bond motifs is 1. The Hall–Kier alpha value is -2.34. The number of rotatable bonds is 2. The topological polar surface area (TPSA) is 59.0 Å². The molecule has 3 aromatic rings. The highest BCUT2D eigenvalue weighted by Gasteiger charge is 2.28. The smallest absolute Gasteiger partial charge is 0.274 e. The number of para-hydroxylation sites is 1.